The summed E-state index contributed by atoms with van der Waals surface area (Å²) in [7, 11) is 2.15. The van der Waals surface area contributed by atoms with E-state index >= 15 is 0 Å². The maximum absolute atomic E-state index is 11.7. The highest BCUT2D eigenvalue weighted by Crippen LogP contribution is 2.43. The first kappa shape index (κ1) is 31.8. The van der Waals surface area contributed by atoms with Gasteiger partial charge in [0.15, 0.2) is 0 Å². The van der Waals surface area contributed by atoms with Crippen LogP contribution in [-0.2, 0) is 13.6 Å². The van der Waals surface area contributed by atoms with Crippen LogP contribution in [0.2, 0.25) is 0 Å². The van der Waals surface area contributed by atoms with Crippen LogP contribution in [0.5, 0.6) is 0 Å². The Hall–Kier alpha value is 0.650. The molecule has 8 heteroatoms. The average molecular weight is 478 g/mol. The van der Waals surface area contributed by atoms with Crippen molar-refractivity contribution >= 4 is 19.4 Å². The lowest BCUT2D eigenvalue weighted by atomic mass is 10.0. The first-order valence-corrected chi connectivity index (χ1v) is 13.3. The first-order chi connectivity index (χ1) is 13.3. The number of nitrogens with zero attached hydrogens (tertiary/aromatic N) is 1. The number of likely N-dealkylation sites (N-methyl/N-ethyl adjacent to an activating group) is 1. The van der Waals surface area contributed by atoms with Crippen molar-refractivity contribution in [2.24, 2.45) is 0 Å². The van der Waals surface area contributed by atoms with Crippen LogP contribution in [0.1, 0.15) is 89.9 Å². The highest BCUT2D eigenvalue weighted by molar-refractivity contribution is 7.47. The van der Waals surface area contributed by atoms with Gasteiger partial charge in [-0.05, 0) is 12.8 Å². The second kappa shape index (κ2) is 20.5. The maximum Gasteiger partial charge on any atom is 0.472 e. The molecule has 0 aromatic heterocycles. The molecule has 0 aliphatic carbocycles. The quantitative estimate of drug-likeness (QED) is 0.119. The zero-order valence-corrected chi connectivity index (χ0v) is 21.5. The summed E-state index contributed by atoms with van der Waals surface area (Å²) in [4.78, 5) is 9.63. The SMILES string of the molecule is C[N+](C)(C)CCOP(=O)(O)OCCCCCCCCCCCCCCCCCl.[Cl-]. The van der Waals surface area contributed by atoms with Crippen molar-refractivity contribution in [3.63, 3.8) is 0 Å². The normalized spacial score (nSPS) is 13.8. The third kappa shape index (κ3) is 26.6. The van der Waals surface area contributed by atoms with Gasteiger partial charge in [-0.25, -0.2) is 4.57 Å². The van der Waals surface area contributed by atoms with E-state index in [0.717, 1.165) is 25.1 Å². The second-order valence-corrected chi connectivity index (χ2v) is 10.6. The predicted octanol–water partition coefficient (Wildman–Crippen LogP) is 3.53. The Labute approximate surface area is 191 Å². The summed E-state index contributed by atoms with van der Waals surface area (Å²) in [6.07, 6.45) is 17.5. The molecule has 0 aromatic rings. The molecule has 0 radical (unpaired) electrons. The van der Waals surface area contributed by atoms with Crippen molar-refractivity contribution in [1.82, 2.24) is 0 Å². The number of unbranched alkanes of at least 4 members (excludes halogenated alkanes) is 13. The van der Waals surface area contributed by atoms with E-state index in [9.17, 15) is 9.46 Å². The Bertz CT molecular complexity index is 395. The van der Waals surface area contributed by atoms with Crippen molar-refractivity contribution in [3.8, 4) is 0 Å². The van der Waals surface area contributed by atoms with Crippen LogP contribution >= 0.6 is 19.4 Å². The number of phosphoric ester groups is 1. The number of hydrogen-bond donors (Lipinski definition) is 1. The van der Waals surface area contributed by atoms with Gasteiger partial charge in [0.2, 0.25) is 0 Å². The second-order valence-electron chi connectivity index (χ2n) is 8.79. The highest BCUT2D eigenvalue weighted by atomic mass is 35.5. The van der Waals surface area contributed by atoms with E-state index < -0.39 is 7.82 Å². The fourth-order valence-electron chi connectivity index (χ4n) is 2.97. The van der Waals surface area contributed by atoms with E-state index in [1.54, 1.807) is 0 Å². The van der Waals surface area contributed by atoms with Gasteiger partial charge in [0.05, 0.1) is 27.7 Å². The molecule has 1 unspecified atom stereocenters. The Balaban J connectivity index is 0. The van der Waals surface area contributed by atoms with E-state index in [1.165, 1.54) is 70.6 Å². The Morgan fingerprint density at radius 1 is 0.690 bits per heavy atom. The number of phosphoric acid groups is 1. The molecule has 0 heterocycles. The van der Waals surface area contributed by atoms with E-state index in [4.69, 9.17) is 20.6 Å². The molecule has 5 nitrogen and oxygen atoms in total. The van der Waals surface area contributed by atoms with Crippen LogP contribution in [0.15, 0.2) is 0 Å². The van der Waals surface area contributed by atoms with Gasteiger partial charge in [-0.15, -0.1) is 11.6 Å². The summed E-state index contributed by atoms with van der Waals surface area (Å²) < 4.78 is 22.5. The molecule has 0 aliphatic heterocycles. The maximum atomic E-state index is 11.7. The van der Waals surface area contributed by atoms with Gasteiger partial charge >= 0.3 is 7.82 Å². The smallest absolute Gasteiger partial charge is 0.472 e. The van der Waals surface area contributed by atoms with Crippen molar-refractivity contribution in [2.45, 2.75) is 89.9 Å². The van der Waals surface area contributed by atoms with Crippen molar-refractivity contribution in [1.29, 1.82) is 0 Å². The van der Waals surface area contributed by atoms with Crippen LogP contribution in [0.25, 0.3) is 0 Å². The number of hydrogen-bond acceptors (Lipinski definition) is 3. The van der Waals surface area contributed by atoms with Crippen molar-refractivity contribution < 1.29 is 35.4 Å². The van der Waals surface area contributed by atoms with Gasteiger partial charge in [0.1, 0.15) is 13.2 Å². The predicted molar refractivity (Wildman–Crippen MR) is 120 cm³/mol. The van der Waals surface area contributed by atoms with Crippen LogP contribution in [0.4, 0.5) is 0 Å². The largest absolute Gasteiger partial charge is 1.00 e. The number of rotatable bonds is 21. The lowest BCUT2D eigenvalue weighted by Crippen LogP contribution is -3.00. The minimum atomic E-state index is -3.88. The monoisotopic (exact) mass is 477 g/mol. The zero-order valence-electron chi connectivity index (χ0n) is 19.1. The molecule has 0 aliphatic rings. The Morgan fingerprint density at radius 3 is 1.41 bits per heavy atom. The van der Waals surface area contributed by atoms with Crippen LogP contribution in [0, 0.1) is 0 Å². The van der Waals surface area contributed by atoms with E-state index in [1.807, 2.05) is 21.1 Å². The molecule has 0 saturated carbocycles. The fraction of sp³-hybridized carbons (Fsp3) is 1.00. The third-order valence-corrected chi connectivity index (χ3v) is 6.08. The van der Waals surface area contributed by atoms with Gasteiger partial charge in [0, 0.05) is 5.88 Å². The van der Waals surface area contributed by atoms with Gasteiger partial charge in [-0.2, -0.15) is 0 Å². The fourth-order valence-corrected chi connectivity index (χ4v) is 3.90. The van der Waals surface area contributed by atoms with E-state index in [0.29, 0.717) is 17.6 Å². The summed E-state index contributed by atoms with van der Waals surface area (Å²) in [5, 5.41) is 0. The highest BCUT2D eigenvalue weighted by Gasteiger charge is 2.21. The molecular weight excluding hydrogens is 432 g/mol. The van der Waals surface area contributed by atoms with Crippen LogP contribution in [0.3, 0.4) is 0 Å². The lowest BCUT2D eigenvalue weighted by molar-refractivity contribution is -0.870. The van der Waals surface area contributed by atoms with Crippen molar-refractivity contribution in [3.05, 3.63) is 0 Å². The van der Waals surface area contributed by atoms with Gasteiger partial charge in [0.25, 0.3) is 0 Å². The summed E-state index contributed by atoms with van der Waals surface area (Å²) in [6.45, 7) is 1.19. The average Bonchev–Trinajstić information content (AvgIpc) is 2.60. The standard InChI is InChI=1S/C21H45ClNO4P.ClH/c1-23(2,3)19-21-27-28(24,25)26-20-17-15-13-11-9-7-5-4-6-8-10-12-14-16-18-22;/h4-21H2,1-3H3;1H. The molecular formula is C21H46Cl2NO4P. The Morgan fingerprint density at radius 2 is 1.03 bits per heavy atom. The summed E-state index contributed by atoms with van der Waals surface area (Å²) >= 11 is 5.67. The molecule has 0 saturated heterocycles. The molecule has 0 amide bonds. The summed E-state index contributed by atoms with van der Waals surface area (Å²) in [6, 6.07) is 0. The molecule has 0 fully saturated rings. The minimum Gasteiger partial charge on any atom is -1.00 e. The number of quaternary nitrogens is 1. The van der Waals surface area contributed by atoms with Crippen molar-refractivity contribution in [2.75, 3.05) is 46.8 Å². The molecule has 0 bridgehead atoms. The summed E-state index contributed by atoms with van der Waals surface area (Å²) in [5.41, 5.74) is 0. The van der Waals surface area contributed by atoms with E-state index in [2.05, 4.69) is 0 Å². The molecule has 178 valence electrons. The number of alkyl halides is 1. The van der Waals surface area contributed by atoms with Gasteiger partial charge < -0.3 is 21.8 Å². The molecule has 0 spiro atoms. The van der Waals surface area contributed by atoms with E-state index in [-0.39, 0.29) is 19.0 Å². The topological polar surface area (TPSA) is 55.8 Å². The molecule has 0 rings (SSSR count). The Kier molecular flexibility index (Phi) is 22.6. The third-order valence-electron chi connectivity index (χ3n) is 4.80. The van der Waals surface area contributed by atoms with Gasteiger partial charge in [-0.1, -0.05) is 77.0 Å². The minimum absolute atomic E-state index is 0. The molecule has 1 atom stereocenters. The number of halogens is 2. The summed E-state index contributed by atoms with van der Waals surface area (Å²) in [5.74, 6) is 0.806. The molecule has 1 N–H and O–H groups in total. The lowest BCUT2D eigenvalue weighted by Gasteiger charge is -2.24. The first-order valence-electron chi connectivity index (χ1n) is 11.3. The zero-order chi connectivity index (χ0) is 21.1. The van der Waals surface area contributed by atoms with Gasteiger partial charge in [-0.3, -0.25) is 9.05 Å². The molecule has 29 heavy (non-hydrogen) atoms. The van der Waals surface area contributed by atoms with Crippen LogP contribution in [-0.4, -0.2) is 56.2 Å². The molecule has 0 aromatic carbocycles. The van der Waals surface area contributed by atoms with Crippen LogP contribution < -0.4 is 12.4 Å².